The highest BCUT2D eigenvalue weighted by Gasteiger charge is 2.45. The minimum absolute atomic E-state index is 0.0567. The highest BCUT2D eigenvalue weighted by atomic mass is 32.2. The highest BCUT2D eigenvalue weighted by molar-refractivity contribution is 7.90. The van der Waals surface area contributed by atoms with Gasteiger partial charge in [-0.2, -0.15) is 0 Å². The van der Waals surface area contributed by atoms with Gasteiger partial charge in [0.1, 0.15) is 0 Å². The Balaban J connectivity index is 1.95. The summed E-state index contributed by atoms with van der Waals surface area (Å²) in [5, 5.41) is 8.80. The second kappa shape index (κ2) is 4.57. The lowest BCUT2D eigenvalue weighted by molar-refractivity contribution is -0.153. The Labute approximate surface area is 102 Å². The second-order valence-corrected chi connectivity index (χ2v) is 7.26. The molecule has 17 heavy (non-hydrogen) atoms. The number of nitrogens with one attached hydrogen (secondary N) is 1. The molecule has 0 bridgehead atoms. The van der Waals surface area contributed by atoms with Gasteiger partial charge in [0.25, 0.3) is 0 Å². The van der Waals surface area contributed by atoms with Gasteiger partial charge < -0.3 is 5.11 Å². The van der Waals surface area contributed by atoms with E-state index in [0.29, 0.717) is 25.7 Å². The predicted molar refractivity (Wildman–Crippen MR) is 63.1 cm³/mol. The van der Waals surface area contributed by atoms with E-state index in [9.17, 15) is 13.2 Å². The van der Waals surface area contributed by atoms with Crippen LogP contribution in [0.2, 0.25) is 0 Å². The minimum Gasteiger partial charge on any atom is -0.481 e. The lowest BCUT2D eigenvalue weighted by Crippen LogP contribution is -2.49. The quantitative estimate of drug-likeness (QED) is 0.776. The third kappa shape index (κ3) is 2.47. The van der Waals surface area contributed by atoms with Gasteiger partial charge in [-0.1, -0.05) is 19.3 Å². The molecule has 0 spiro atoms. The van der Waals surface area contributed by atoms with E-state index in [4.69, 9.17) is 5.11 Å². The first-order valence-corrected chi connectivity index (χ1v) is 7.73. The van der Waals surface area contributed by atoms with E-state index in [2.05, 4.69) is 4.72 Å². The first-order chi connectivity index (χ1) is 7.96. The number of hydrogen-bond acceptors (Lipinski definition) is 3. The molecule has 0 aromatic rings. The first kappa shape index (κ1) is 12.8. The van der Waals surface area contributed by atoms with Gasteiger partial charge in [-0.3, -0.25) is 4.79 Å². The lowest BCUT2D eigenvalue weighted by Gasteiger charge is -2.37. The van der Waals surface area contributed by atoms with E-state index in [-0.39, 0.29) is 11.8 Å². The van der Waals surface area contributed by atoms with Crippen LogP contribution in [-0.4, -0.2) is 31.3 Å². The second-order valence-electron chi connectivity index (χ2n) is 5.21. The van der Waals surface area contributed by atoms with Gasteiger partial charge in [-0.05, 0) is 25.7 Å². The summed E-state index contributed by atoms with van der Waals surface area (Å²) in [7, 11) is -3.32. The molecule has 2 rings (SSSR count). The first-order valence-electron chi connectivity index (χ1n) is 6.18. The fourth-order valence-corrected chi connectivity index (χ4v) is 4.29. The van der Waals surface area contributed by atoms with Crippen molar-refractivity contribution in [3.8, 4) is 0 Å². The molecule has 98 valence electrons. The Morgan fingerprint density at radius 1 is 1.24 bits per heavy atom. The van der Waals surface area contributed by atoms with Crippen molar-refractivity contribution in [1.29, 1.82) is 0 Å². The van der Waals surface area contributed by atoms with Crippen molar-refractivity contribution >= 4 is 16.0 Å². The van der Waals surface area contributed by atoms with Gasteiger partial charge in [0.15, 0.2) is 0 Å². The molecule has 0 saturated heterocycles. The van der Waals surface area contributed by atoms with Crippen LogP contribution < -0.4 is 4.72 Å². The zero-order valence-corrected chi connectivity index (χ0v) is 10.6. The predicted octanol–water partition coefficient (Wildman–Crippen LogP) is 1.10. The average molecular weight is 261 g/mol. The van der Waals surface area contributed by atoms with Crippen LogP contribution in [0.4, 0.5) is 0 Å². The van der Waals surface area contributed by atoms with E-state index in [1.165, 1.54) is 0 Å². The molecule has 2 fully saturated rings. The maximum absolute atomic E-state index is 11.9. The fraction of sp³-hybridized carbons (Fsp3) is 0.909. The molecule has 2 aliphatic rings. The summed E-state index contributed by atoms with van der Waals surface area (Å²) in [4.78, 5) is 11.1. The van der Waals surface area contributed by atoms with Crippen LogP contribution in [0.25, 0.3) is 0 Å². The van der Waals surface area contributed by atoms with Crippen molar-refractivity contribution in [2.75, 3.05) is 6.54 Å². The van der Waals surface area contributed by atoms with Gasteiger partial charge in [-0.15, -0.1) is 0 Å². The van der Waals surface area contributed by atoms with Crippen LogP contribution in [0.3, 0.4) is 0 Å². The molecule has 0 unspecified atom stereocenters. The molecule has 5 nitrogen and oxygen atoms in total. The standard InChI is InChI=1S/C11H19NO4S/c13-10(14)11(6-3-7-11)8-12-17(15,16)9-4-1-2-5-9/h9,12H,1-8H2,(H,13,14). The molecule has 0 amide bonds. The van der Waals surface area contributed by atoms with E-state index < -0.39 is 21.4 Å². The van der Waals surface area contributed by atoms with Crippen LogP contribution in [0.15, 0.2) is 0 Å². The Hall–Kier alpha value is -0.620. The minimum atomic E-state index is -3.32. The van der Waals surface area contributed by atoms with Crippen molar-refractivity contribution in [1.82, 2.24) is 4.72 Å². The Kier molecular flexibility index (Phi) is 3.45. The molecular weight excluding hydrogens is 242 g/mol. The number of rotatable bonds is 5. The molecule has 0 aliphatic heterocycles. The van der Waals surface area contributed by atoms with Gasteiger partial charge in [-0.25, -0.2) is 13.1 Å². The molecule has 2 aliphatic carbocycles. The monoisotopic (exact) mass is 261 g/mol. The summed E-state index contributed by atoms with van der Waals surface area (Å²) in [6.07, 6.45) is 5.35. The number of carbonyl (C=O) groups is 1. The average Bonchev–Trinajstić information content (AvgIpc) is 2.68. The highest BCUT2D eigenvalue weighted by Crippen LogP contribution is 2.40. The van der Waals surface area contributed by atoms with E-state index >= 15 is 0 Å². The number of sulfonamides is 1. The molecule has 0 aromatic carbocycles. The van der Waals surface area contributed by atoms with Gasteiger partial charge in [0.05, 0.1) is 10.7 Å². The molecule has 0 heterocycles. The maximum Gasteiger partial charge on any atom is 0.310 e. The van der Waals surface area contributed by atoms with Crippen LogP contribution in [0.5, 0.6) is 0 Å². The van der Waals surface area contributed by atoms with Crippen LogP contribution in [0.1, 0.15) is 44.9 Å². The van der Waals surface area contributed by atoms with Crippen LogP contribution in [0, 0.1) is 5.41 Å². The van der Waals surface area contributed by atoms with Gasteiger partial charge in [0, 0.05) is 6.54 Å². The molecule has 0 atom stereocenters. The summed E-state index contributed by atoms with van der Waals surface area (Å²) < 4.78 is 26.4. The van der Waals surface area contributed by atoms with Crippen LogP contribution in [-0.2, 0) is 14.8 Å². The normalized spacial score (nSPS) is 24.5. The summed E-state index contributed by atoms with van der Waals surface area (Å²) in [5.74, 6) is -0.877. The molecule has 6 heteroatoms. The topological polar surface area (TPSA) is 83.5 Å². The SMILES string of the molecule is O=C(O)C1(CNS(=O)(=O)C2CCCC2)CCC1. The van der Waals surface area contributed by atoms with Crippen molar-refractivity contribution in [3.63, 3.8) is 0 Å². The Morgan fingerprint density at radius 3 is 2.24 bits per heavy atom. The lowest BCUT2D eigenvalue weighted by atomic mass is 9.69. The third-order valence-corrected chi connectivity index (χ3v) is 6.01. The van der Waals surface area contributed by atoms with Crippen molar-refractivity contribution in [3.05, 3.63) is 0 Å². The van der Waals surface area contributed by atoms with Crippen molar-refractivity contribution in [2.24, 2.45) is 5.41 Å². The summed E-state index contributed by atoms with van der Waals surface area (Å²) in [6.45, 7) is 0.0567. The number of hydrogen-bond donors (Lipinski definition) is 2. The van der Waals surface area contributed by atoms with E-state index in [1.54, 1.807) is 0 Å². The largest absolute Gasteiger partial charge is 0.481 e. The Bertz CT molecular complexity index is 394. The molecule has 0 aromatic heterocycles. The number of carboxylic acids is 1. The molecule has 2 saturated carbocycles. The van der Waals surface area contributed by atoms with Crippen molar-refractivity contribution < 1.29 is 18.3 Å². The Morgan fingerprint density at radius 2 is 1.82 bits per heavy atom. The van der Waals surface area contributed by atoms with Crippen molar-refractivity contribution in [2.45, 2.75) is 50.2 Å². The fourth-order valence-electron chi connectivity index (χ4n) is 2.63. The van der Waals surface area contributed by atoms with E-state index in [1.807, 2.05) is 0 Å². The molecule has 0 radical (unpaired) electrons. The summed E-state index contributed by atoms with van der Waals surface area (Å²) in [6, 6.07) is 0. The number of carboxylic acid groups (broad SMARTS) is 1. The summed E-state index contributed by atoms with van der Waals surface area (Å²) in [5.41, 5.74) is -0.842. The summed E-state index contributed by atoms with van der Waals surface area (Å²) >= 11 is 0. The third-order valence-electron chi connectivity index (χ3n) is 4.12. The molecule has 2 N–H and O–H groups in total. The van der Waals surface area contributed by atoms with Crippen LogP contribution >= 0.6 is 0 Å². The zero-order valence-electron chi connectivity index (χ0n) is 9.81. The maximum atomic E-state index is 11.9. The smallest absolute Gasteiger partial charge is 0.310 e. The van der Waals surface area contributed by atoms with Gasteiger partial charge in [0.2, 0.25) is 10.0 Å². The van der Waals surface area contributed by atoms with Gasteiger partial charge >= 0.3 is 5.97 Å². The zero-order chi connectivity index (χ0) is 12.5. The molecular formula is C11H19NO4S. The van der Waals surface area contributed by atoms with E-state index in [0.717, 1.165) is 19.3 Å². The number of aliphatic carboxylic acids is 1.